The summed E-state index contributed by atoms with van der Waals surface area (Å²) in [5, 5.41) is 6.20. The van der Waals surface area contributed by atoms with Gasteiger partial charge in [0.05, 0.1) is 11.7 Å². The largest absolute Gasteiger partial charge is 0.475 e. The van der Waals surface area contributed by atoms with Gasteiger partial charge in [-0.05, 0) is 18.9 Å². The average molecular weight is 289 g/mol. The van der Waals surface area contributed by atoms with Crippen LogP contribution >= 0.6 is 0 Å². The molecule has 0 spiro atoms. The maximum Gasteiger partial charge on any atom is 0.258 e. The number of pyridine rings is 1. The molecule has 3 rings (SSSR count). The predicted molar refractivity (Wildman–Crippen MR) is 73.2 cm³/mol. The number of anilines is 1. The number of hydrogen-bond donors (Lipinski definition) is 1. The summed E-state index contributed by atoms with van der Waals surface area (Å²) in [4.78, 5) is 16.0. The Bertz CT molecular complexity index is 577. The Morgan fingerprint density at radius 2 is 2.38 bits per heavy atom. The van der Waals surface area contributed by atoms with Crippen molar-refractivity contribution in [3.8, 4) is 5.88 Å². The molecule has 0 radical (unpaired) electrons. The first-order valence-corrected chi connectivity index (χ1v) is 6.73. The first-order valence-electron chi connectivity index (χ1n) is 6.73. The Balaban J connectivity index is 1.54. The third-order valence-corrected chi connectivity index (χ3v) is 3.12. The second-order valence-corrected chi connectivity index (χ2v) is 4.67. The van der Waals surface area contributed by atoms with Crippen LogP contribution in [0.2, 0.25) is 0 Å². The van der Waals surface area contributed by atoms with Crippen molar-refractivity contribution < 1.29 is 18.8 Å². The van der Waals surface area contributed by atoms with E-state index in [0.29, 0.717) is 23.9 Å². The number of rotatable bonds is 5. The molecule has 0 unspecified atom stereocenters. The number of amides is 1. The number of carbonyl (C=O) groups is 1. The molecule has 1 aliphatic heterocycles. The zero-order valence-corrected chi connectivity index (χ0v) is 11.3. The highest BCUT2D eigenvalue weighted by Crippen LogP contribution is 2.15. The van der Waals surface area contributed by atoms with Crippen LogP contribution in [0.4, 0.5) is 5.82 Å². The number of aromatic nitrogens is 2. The van der Waals surface area contributed by atoms with Gasteiger partial charge in [-0.1, -0.05) is 5.16 Å². The lowest BCUT2D eigenvalue weighted by Crippen LogP contribution is -2.17. The zero-order chi connectivity index (χ0) is 14.5. The van der Waals surface area contributed by atoms with E-state index in [-0.39, 0.29) is 12.0 Å². The number of nitrogens with zero attached hydrogens (tertiary/aromatic N) is 2. The van der Waals surface area contributed by atoms with Crippen LogP contribution in [0, 0.1) is 0 Å². The van der Waals surface area contributed by atoms with Gasteiger partial charge in [0, 0.05) is 24.9 Å². The Labute approximate surface area is 121 Å². The second kappa shape index (κ2) is 6.36. The standard InChI is InChI=1S/C14H15N3O4/c18-14(16-12-5-7-21-17-12)10-3-4-13(15-8-10)20-9-11-2-1-6-19-11/h3-5,7-8,11H,1-2,6,9H2,(H,16,17,18)/t11-/m0/s1. The lowest BCUT2D eigenvalue weighted by molar-refractivity contribution is 0.0663. The van der Waals surface area contributed by atoms with Crippen LogP contribution in [0.25, 0.3) is 0 Å². The smallest absolute Gasteiger partial charge is 0.258 e. The zero-order valence-electron chi connectivity index (χ0n) is 11.3. The van der Waals surface area contributed by atoms with Gasteiger partial charge in [-0.15, -0.1) is 0 Å². The summed E-state index contributed by atoms with van der Waals surface area (Å²) in [5.74, 6) is 0.532. The van der Waals surface area contributed by atoms with E-state index in [1.165, 1.54) is 12.5 Å². The van der Waals surface area contributed by atoms with E-state index in [1.807, 2.05) is 0 Å². The van der Waals surface area contributed by atoms with Gasteiger partial charge >= 0.3 is 0 Å². The van der Waals surface area contributed by atoms with Gasteiger partial charge in [0.2, 0.25) is 5.88 Å². The van der Waals surface area contributed by atoms with Gasteiger partial charge in [-0.3, -0.25) is 4.79 Å². The number of carbonyl (C=O) groups excluding carboxylic acids is 1. The molecule has 110 valence electrons. The van der Waals surface area contributed by atoms with Crippen LogP contribution in [0.15, 0.2) is 35.2 Å². The normalized spacial score (nSPS) is 17.6. The van der Waals surface area contributed by atoms with Crippen LogP contribution < -0.4 is 10.1 Å². The summed E-state index contributed by atoms with van der Waals surface area (Å²) in [5.41, 5.74) is 0.419. The van der Waals surface area contributed by atoms with Crippen molar-refractivity contribution in [3.05, 3.63) is 36.2 Å². The molecule has 7 nitrogen and oxygen atoms in total. The summed E-state index contributed by atoms with van der Waals surface area (Å²) in [6.45, 7) is 1.28. The maximum absolute atomic E-state index is 11.9. The van der Waals surface area contributed by atoms with E-state index in [4.69, 9.17) is 9.47 Å². The lowest BCUT2D eigenvalue weighted by atomic mass is 10.2. The molecule has 7 heteroatoms. The van der Waals surface area contributed by atoms with Crippen LogP contribution in [0.3, 0.4) is 0 Å². The lowest BCUT2D eigenvalue weighted by Gasteiger charge is -2.10. The van der Waals surface area contributed by atoms with E-state index >= 15 is 0 Å². The molecule has 1 fully saturated rings. The molecule has 1 atom stereocenters. The van der Waals surface area contributed by atoms with Crippen molar-refractivity contribution in [1.29, 1.82) is 0 Å². The molecule has 1 aliphatic rings. The van der Waals surface area contributed by atoms with Crippen molar-refractivity contribution in [2.75, 3.05) is 18.5 Å². The minimum Gasteiger partial charge on any atom is -0.475 e. The minimum atomic E-state index is -0.304. The van der Waals surface area contributed by atoms with Gasteiger partial charge < -0.3 is 19.3 Å². The Kier molecular flexibility index (Phi) is 4.11. The Morgan fingerprint density at radius 1 is 1.43 bits per heavy atom. The number of hydrogen-bond acceptors (Lipinski definition) is 6. The Hall–Kier alpha value is -2.41. The molecule has 0 saturated carbocycles. The molecule has 2 aromatic heterocycles. The highest BCUT2D eigenvalue weighted by Gasteiger charge is 2.16. The predicted octanol–water partition coefficient (Wildman–Crippen LogP) is 1.88. The fourth-order valence-corrected chi connectivity index (χ4v) is 2.02. The third kappa shape index (κ3) is 3.57. The monoisotopic (exact) mass is 289 g/mol. The van der Waals surface area contributed by atoms with Crippen LogP contribution in [0.5, 0.6) is 5.88 Å². The van der Waals surface area contributed by atoms with Gasteiger partial charge in [-0.2, -0.15) is 0 Å². The van der Waals surface area contributed by atoms with Crippen LogP contribution in [0.1, 0.15) is 23.2 Å². The van der Waals surface area contributed by atoms with E-state index in [0.717, 1.165) is 19.4 Å². The molecule has 0 aliphatic carbocycles. The molecule has 1 amide bonds. The third-order valence-electron chi connectivity index (χ3n) is 3.12. The molecule has 3 heterocycles. The average Bonchev–Trinajstić information content (AvgIpc) is 3.19. The van der Waals surface area contributed by atoms with E-state index in [9.17, 15) is 4.79 Å². The van der Waals surface area contributed by atoms with Crippen molar-refractivity contribution in [3.63, 3.8) is 0 Å². The molecule has 1 saturated heterocycles. The van der Waals surface area contributed by atoms with Crippen LogP contribution in [-0.2, 0) is 4.74 Å². The highest BCUT2D eigenvalue weighted by molar-refractivity contribution is 6.03. The quantitative estimate of drug-likeness (QED) is 0.904. The number of nitrogens with one attached hydrogen (secondary N) is 1. The van der Waals surface area contributed by atoms with Crippen molar-refractivity contribution in [1.82, 2.24) is 10.1 Å². The molecule has 0 aromatic carbocycles. The molecular weight excluding hydrogens is 274 g/mol. The van der Waals surface area contributed by atoms with E-state index < -0.39 is 0 Å². The second-order valence-electron chi connectivity index (χ2n) is 4.67. The van der Waals surface area contributed by atoms with Gasteiger partial charge in [-0.25, -0.2) is 4.98 Å². The summed E-state index contributed by atoms with van der Waals surface area (Å²) in [6, 6.07) is 4.87. The SMILES string of the molecule is O=C(Nc1ccon1)c1ccc(OC[C@@H]2CCCO2)nc1. The summed E-state index contributed by atoms with van der Waals surface area (Å²) >= 11 is 0. The van der Waals surface area contributed by atoms with E-state index in [2.05, 4.69) is 20.0 Å². The molecule has 1 N–H and O–H groups in total. The fourth-order valence-electron chi connectivity index (χ4n) is 2.02. The van der Waals surface area contributed by atoms with Gasteiger partial charge in [0.1, 0.15) is 12.9 Å². The molecule has 21 heavy (non-hydrogen) atoms. The maximum atomic E-state index is 11.9. The summed E-state index contributed by atoms with van der Waals surface area (Å²) in [6.07, 6.45) is 5.07. The van der Waals surface area contributed by atoms with Crippen molar-refractivity contribution >= 4 is 11.7 Å². The van der Waals surface area contributed by atoms with Gasteiger partial charge in [0.15, 0.2) is 5.82 Å². The summed E-state index contributed by atoms with van der Waals surface area (Å²) in [7, 11) is 0. The van der Waals surface area contributed by atoms with E-state index in [1.54, 1.807) is 18.2 Å². The van der Waals surface area contributed by atoms with Crippen LogP contribution in [-0.4, -0.2) is 35.4 Å². The first kappa shape index (κ1) is 13.6. The Morgan fingerprint density at radius 3 is 3.05 bits per heavy atom. The van der Waals surface area contributed by atoms with Crippen molar-refractivity contribution in [2.24, 2.45) is 0 Å². The summed E-state index contributed by atoms with van der Waals surface area (Å²) < 4.78 is 15.6. The highest BCUT2D eigenvalue weighted by atomic mass is 16.5. The number of ether oxygens (including phenoxy) is 2. The van der Waals surface area contributed by atoms with Gasteiger partial charge in [0.25, 0.3) is 5.91 Å². The van der Waals surface area contributed by atoms with Crippen molar-refractivity contribution in [2.45, 2.75) is 18.9 Å². The minimum absolute atomic E-state index is 0.141. The molecule has 0 bridgehead atoms. The first-order chi connectivity index (χ1) is 10.3. The topological polar surface area (TPSA) is 86.5 Å². The molecular formula is C14H15N3O4. The fraction of sp³-hybridized carbons (Fsp3) is 0.357. The molecule has 2 aromatic rings.